The zero-order valence-electron chi connectivity index (χ0n) is 21.3. The molecular formula is C26H50O6. The van der Waals surface area contributed by atoms with Gasteiger partial charge < -0.3 is 5.11 Å². The summed E-state index contributed by atoms with van der Waals surface area (Å²) in [6, 6.07) is 0. The van der Waals surface area contributed by atoms with E-state index in [0.717, 1.165) is 19.3 Å². The van der Waals surface area contributed by atoms with Crippen molar-refractivity contribution in [3.63, 3.8) is 0 Å². The fraction of sp³-hybridized carbons (Fsp3) is 0.923. The van der Waals surface area contributed by atoms with Gasteiger partial charge in [0.2, 0.25) is 0 Å². The Bertz CT molecular complexity index is 463. The smallest absolute Gasteiger partial charge is 0.452 e. The van der Waals surface area contributed by atoms with Gasteiger partial charge in [-0.05, 0) is 31.2 Å². The molecule has 6 nitrogen and oxygen atoms in total. The molecule has 0 saturated heterocycles. The first-order valence-electron chi connectivity index (χ1n) is 13.1. The Morgan fingerprint density at radius 2 is 1.12 bits per heavy atom. The van der Waals surface area contributed by atoms with Gasteiger partial charge in [0, 0.05) is 0 Å². The van der Waals surface area contributed by atoms with Crippen LogP contribution in [0.2, 0.25) is 0 Å². The molecule has 0 aliphatic rings. The van der Waals surface area contributed by atoms with Crippen molar-refractivity contribution in [3.8, 4) is 0 Å². The summed E-state index contributed by atoms with van der Waals surface area (Å²) in [4.78, 5) is 30.6. The molecule has 0 aromatic heterocycles. The molecule has 0 rings (SSSR count). The van der Waals surface area contributed by atoms with Crippen molar-refractivity contribution in [1.82, 2.24) is 0 Å². The predicted molar refractivity (Wildman–Crippen MR) is 128 cm³/mol. The van der Waals surface area contributed by atoms with Crippen LogP contribution >= 0.6 is 0 Å². The topological polar surface area (TPSA) is 82.1 Å². The first-order valence-corrected chi connectivity index (χ1v) is 13.1. The van der Waals surface area contributed by atoms with E-state index in [1.54, 1.807) is 0 Å². The van der Waals surface area contributed by atoms with E-state index in [0.29, 0.717) is 0 Å². The lowest BCUT2D eigenvalue weighted by Gasteiger charge is -2.31. The molecule has 1 atom stereocenters. The number of hydrogen-bond acceptors (Lipinski definition) is 5. The Labute approximate surface area is 196 Å². The molecular weight excluding hydrogens is 408 g/mol. The van der Waals surface area contributed by atoms with Gasteiger partial charge in [-0.1, -0.05) is 123 Å². The minimum Gasteiger partial charge on any atom is -0.473 e. The van der Waals surface area contributed by atoms with Gasteiger partial charge in [-0.15, -0.1) is 0 Å². The molecule has 0 saturated carbocycles. The number of carbonyl (C=O) groups excluding carboxylic acids is 1. The van der Waals surface area contributed by atoms with E-state index in [4.69, 9.17) is 9.99 Å². The highest BCUT2D eigenvalue weighted by Crippen LogP contribution is 2.30. The quantitative estimate of drug-likeness (QED) is 0.0767. The fourth-order valence-corrected chi connectivity index (χ4v) is 4.22. The SMILES string of the molecule is CCCCCCCCCCCCCCCCCCC(CC)C(C)(C)OOOC(=O)C(=O)O. The van der Waals surface area contributed by atoms with Gasteiger partial charge >= 0.3 is 11.9 Å². The highest BCUT2D eigenvalue weighted by atomic mass is 17.5. The summed E-state index contributed by atoms with van der Waals surface area (Å²) in [6.07, 6.45) is 23.5. The Balaban J connectivity index is 3.60. The zero-order valence-corrected chi connectivity index (χ0v) is 21.3. The van der Waals surface area contributed by atoms with Crippen LogP contribution in [0.5, 0.6) is 0 Å². The molecule has 0 amide bonds. The Hall–Kier alpha value is -1.14. The van der Waals surface area contributed by atoms with Crippen molar-refractivity contribution >= 4 is 11.9 Å². The third-order valence-electron chi connectivity index (χ3n) is 6.42. The fourth-order valence-electron chi connectivity index (χ4n) is 4.22. The van der Waals surface area contributed by atoms with Crippen LogP contribution in [0.1, 0.15) is 143 Å². The second-order valence-corrected chi connectivity index (χ2v) is 9.63. The maximum atomic E-state index is 10.9. The van der Waals surface area contributed by atoms with E-state index >= 15 is 0 Å². The molecule has 0 aromatic rings. The number of carbonyl (C=O) groups is 2. The molecule has 0 fully saturated rings. The molecule has 0 spiro atoms. The van der Waals surface area contributed by atoms with E-state index in [1.165, 1.54) is 96.3 Å². The molecule has 0 aliphatic carbocycles. The van der Waals surface area contributed by atoms with E-state index in [2.05, 4.69) is 23.8 Å². The number of unbranched alkanes of at least 4 members (excludes halogenated alkanes) is 15. The van der Waals surface area contributed by atoms with Gasteiger partial charge in [-0.25, -0.2) is 9.59 Å². The van der Waals surface area contributed by atoms with Gasteiger partial charge in [0.05, 0.1) is 0 Å². The van der Waals surface area contributed by atoms with Gasteiger partial charge in [-0.2, -0.15) is 4.89 Å². The number of carboxylic acids is 1. The van der Waals surface area contributed by atoms with Crippen LogP contribution < -0.4 is 0 Å². The Morgan fingerprint density at radius 3 is 1.50 bits per heavy atom. The summed E-state index contributed by atoms with van der Waals surface area (Å²) in [5.74, 6) is -2.98. The Kier molecular flexibility index (Phi) is 19.7. The maximum Gasteiger partial charge on any atom is 0.452 e. The normalized spacial score (nSPS) is 12.6. The molecule has 1 unspecified atom stereocenters. The minimum atomic E-state index is -1.72. The number of rotatable bonds is 22. The maximum absolute atomic E-state index is 10.9. The van der Waals surface area contributed by atoms with Gasteiger partial charge in [-0.3, -0.25) is 4.89 Å². The monoisotopic (exact) mass is 458 g/mol. The minimum absolute atomic E-state index is 0.234. The molecule has 0 heterocycles. The lowest BCUT2D eigenvalue weighted by Crippen LogP contribution is -2.35. The van der Waals surface area contributed by atoms with E-state index in [1.807, 2.05) is 13.8 Å². The molecule has 0 radical (unpaired) electrons. The summed E-state index contributed by atoms with van der Waals surface area (Å²) in [5, 5.41) is 12.9. The van der Waals surface area contributed by atoms with Crippen LogP contribution in [0.25, 0.3) is 0 Å². The van der Waals surface area contributed by atoms with Crippen LogP contribution in [0.3, 0.4) is 0 Å². The first kappa shape index (κ1) is 30.9. The van der Waals surface area contributed by atoms with Crippen LogP contribution in [0.15, 0.2) is 0 Å². The molecule has 6 heteroatoms. The summed E-state index contributed by atoms with van der Waals surface area (Å²) < 4.78 is 0. The molecule has 190 valence electrons. The average Bonchev–Trinajstić information content (AvgIpc) is 2.75. The number of hydrogen-bond donors (Lipinski definition) is 1. The molecule has 1 N–H and O–H groups in total. The van der Waals surface area contributed by atoms with Crippen LogP contribution in [0, 0.1) is 5.92 Å². The van der Waals surface area contributed by atoms with Crippen molar-refractivity contribution in [1.29, 1.82) is 0 Å². The standard InChI is InChI=1S/C26H50O6/c1-5-7-8-9-10-11-12-13-14-15-16-17-18-19-20-21-22-23(6-2)26(3,4)31-32-30-25(29)24(27)28/h23H,5-22H2,1-4H3,(H,27,28). The average molecular weight is 459 g/mol. The van der Waals surface area contributed by atoms with Crippen molar-refractivity contribution in [2.24, 2.45) is 5.92 Å². The first-order chi connectivity index (χ1) is 15.3. The lowest BCUT2D eigenvalue weighted by molar-refractivity contribution is -0.520. The van der Waals surface area contributed by atoms with Crippen LogP contribution in [-0.2, 0) is 24.4 Å². The zero-order chi connectivity index (χ0) is 24.1. The number of aliphatic carboxylic acids is 1. The largest absolute Gasteiger partial charge is 0.473 e. The summed E-state index contributed by atoms with van der Waals surface area (Å²) >= 11 is 0. The second-order valence-electron chi connectivity index (χ2n) is 9.63. The predicted octanol–water partition coefficient (Wildman–Crippen LogP) is 7.93. The van der Waals surface area contributed by atoms with Crippen LogP contribution in [0.4, 0.5) is 0 Å². The molecule has 0 aliphatic heterocycles. The third kappa shape index (κ3) is 17.4. The van der Waals surface area contributed by atoms with Gasteiger partial charge in [0.25, 0.3) is 0 Å². The van der Waals surface area contributed by atoms with E-state index in [9.17, 15) is 9.59 Å². The van der Waals surface area contributed by atoms with Crippen molar-refractivity contribution in [2.75, 3.05) is 0 Å². The van der Waals surface area contributed by atoms with Crippen molar-refractivity contribution in [2.45, 2.75) is 149 Å². The highest BCUT2D eigenvalue weighted by Gasteiger charge is 2.31. The molecule has 0 bridgehead atoms. The molecule has 32 heavy (non-hydrogen) atoms. The Morgan fingerprint density at radius 1 is 0.719 bits per heavy atom. The summed E-state index contributed by atoms with van der Waals surface area (Å²) in [6.45, 7) is 8.09. The highest BCUT2D eigenvalue weighted by molar-refractivity contribution is 6.28. The van der Waals surface area contributed by atoms with Gasteiger partial charge in [0.15, 0.2) is 0 Å². The third-order valence-corrected chi connectivity index (χ3v) is 6.42. The van der Waals surface area contributed by atoms with Crippen molar-refractivity contribution in [3.05, 3.63) is 0 Å². The van der Waals surface area contributed by atoms with Crippen molar-refractivity contribution < 1.29 is 29.5 Å². The van der Waals surface area contributed by atoms with E-state index < -0.39 is 17.5 Å². The van der Waals surface area contributed by atoms with Gasteiger partial charge in [0.1, 0.15) is 5.60 Å². The number of carboxylic acid groups (broad SMARTS) is 1. The van der Waals surface area contributed by atoms with E-state index in [-0.39, 0.29) is 5.92 Å². The lowest BCUT2D eigenvalue weighted by atomic mass is 9.84. The summed E-state index contributed by atoms with van der Waals surface area (Å²) in [7, 11) is 0. The molecule has 0 aromatic carbocycles. The van der Waals surface area contributed by atoms with Crippen LogP contribution in [-0.4, -0.2) is 22.6 Å². The second kappa shape index (κ2) is 20.5. The summed E-state index contributed by atoms with van der Waals surface area (Å²) in [5.41, 5.74) is -0.664.